The number of hydrogen-bond acceptors (Lipinski definition) is 6. The molecule has 7 nitrogen and oxygen atoms in total. The molecule has 114 valence electrons. The van der Waals surface area contributed by atoms with Gasteiger partial charge in [0.15, 0.2) is 11.6 Å². The number of nitrogens with two attached hydrogens (primary N) is 1. The molecule has 0 saturated carbocycles. The van der Waals surface area contributed by atoms with E-state index in [0.717, 1.165) is 5.56 Å². The van der Waals surface area contributed by atoms with Crippen molar-refractivity contribution in [2.45, 2.75) is 40.0 Å². The molecule has 2 N–H and O–H groups in total. The van der Waals surface area contributed by atoms with Gasteiger partial charge in [-0.1, -0.05) is 0 Å². The summed E-state index contributed by atoms with van der Waals surface area (Å²) in [6, 6.07) is 0. The Morgan fingerprint density at radius 2 is 2.05 bits per heavy atom. The molecule has 0 amide bonds. The molecule has 0 aromatic carbocycles. The molecule has 21 heavy (non-hydrogen) atoms. The van der Waals surface area contributed by atoms with Crippen molar-refractivity contribution in [3.63, 3.8) is 0 Å². The molecular weight excluding hydrogens is 270 g/mol. The van der Waals surface area contributed by atoms with Gasteiger partial charge >= 0.3 is 0 Å². The maximum Gasteiger partial charge on any atom is 0.188 e. The maximum atomic E-state index is 5.89. The van der Waals surface area contributed by atoms with Gasteiger partial charge in [0.25, 0.3) is 0 Å². The zero-order valence-corrected chi connectivity index (χ0v) is 12.8. The van der Waals surface area contributed by atoms with Gasteiger partial charge in [0.05, 0.1) is 12.3 Å². The van der Waals surface area contributed by atoms with Gasteiger partial charge in [0.2, 0.25) is 0 Å². The van der Waals surface area contributed by atoms with Crippen molar-refractivity contribution in [2.24, 2.45) is 0 Å². The molecule has 0 aliphatic rings. The molecule has 0 saturated heterocycles. The Balaban J connectivity index is 2.36. The third-order valence-electron chi connectivity index (χ3n) is 2.84. The van der Waals surface area contributed by atoms with E-state index in [0.29, 0.717) is 23.9 Å². The van der Waals surface area contributed by atoms with Gasteiger partial charge in [-0.2, -0.15) is 5.10 Å². The van der Waals surface area contributed by atoms with Crippen molar-refractivity contribution in [3.8, 4) is 17.0 Å². The highest BCUT2D eigenvalue weighted by molar-refractivity contribution is 5.70. The second kappa shape index (κ2) is 6.53. The smallest absolute Gasteiger partial charge is 0.188 e. The minimum Gasteiger partial charge on any atom is -0.485 e. The summed E-state index contributed by atoms with van der Waals surface area (Å²) in [4.78, 5) is 8.25. The van der Waals surface area contributed by atoms with E-state index in [9.17, 15) is 0 Å². The average molecular weight is 291 g/mol. The van der Waals surface area contributed by atoms with Crippen LogP contribution in [0.25, 0.3) is 11.3 Å². The van der Waals surface area contributed by atoms with Crippen molar-refractivity contribution in [1.82, 2.24) is 19.7 Å². The van der Waals surface area contributed by atoms with Crippen LogP contribution in [0.15, 0.2) is 18.7 Å². The lowest BCUT2D eigenvalue weighted by Gasteiger charge is -2.14. The normalized spacial score (nSPS) is 12.6. The Labute approximate surface area is 124 Å². The summed E-state index contributed by atoms with van der Waals surface area (Å²) in [5, 5.41) is 4.30. The van der Waals surface area contributed by atoms with E-state index in [1.807, 2.05) is 33.9 Å². The number of nitrogens with zero attached hydrogens (tertiary/aromatic N) is 4. The first-order valence-electron chi connectivity index (χ1n) is 6.96. The van der Waals surface area contributed by atoms with Crippen LogP contribution in [0.1, 0.15) is 33.9 Å². The lowest BCUT2D eigenvalue weighted by molar-refractivity contribution is 0.0160. The first-order chi connectivity index (χ1) is 10.0. The molecule has 1 atom stereocenters. The van der Waals surface area contributed by atoms with Crippen LogP contribution in [0.5, 0.6) is 5.75 Å². The summed E-state index contributed by atoms with van der Waals surface area (Å²) < 4.78 is 13.0. The summed E-state index contributed by atoms with van der Waals surface area (Å²) in [6.45, 7) is 8.35. The fourth-order valence-electron chi connectivity index (χ4n) is 1.92. The molecule has 0 aliphatic heterocycles. The van der Waals surface area contributed by atoms with Crippen LogP contribution in [-0.2, 0) is 4.74 Å². The molecule has 2 aromatic rings. The van der Waals surface area contributed by atoms with Crippen LogP contribution in [0.3, 0.4) is 0 Å². The summed E-state index contributed by atoms with van der Waals surface area (Å²) in [7, 11) is 0. The zero-order chi connectivity index (χ0) is 15.4. The Morgan fingerprint density at radius 3 is 2.71 bits per heavy atom. The molecule has 0 radical (unpaired) electrons. The summed E-state index contributed by atoms with van der Waals surface area (Å²) in [5.74, 6) is 0.801. The molecule has 2 aromatic heterocycles. The van der Waals surface area contributed by atoms with Gasteiger partial charge in [-0.3, -0.25) is 0 Å². The monoisotopic (exact) mass is 291 g/mol. The van der Waals surface area contributed by atoms with E-state index in [4.69, 9.17) is 15.2 Å². The predicted molar refractivity (Wildman–Crippen MR) is 79.8 cm³/mol. The average Bonchev–Trinajstić information content (AvgIpc) is 2.90. The number of rotatable bonds is 6. The van der Waals surface area contributed by atoms with Crippen LogP contribution >= 0.6 is 0 Å². The van der Waals surface area contributed by atoms with Gasteiger partial charge in [-0.05, 0) is 27.7 Å². The fraction of sp³-hybridized carbons (Fsp3) is 0.500. The standard InChI is InChI=1S/C14H21N5O2/c1-5-20-10(4)19-7-11(6-18-19)12-13(21-9(2)3)14(15)17-8-16-12/h6-10H,5H2,1-4H3,(H2,15,16,17). The quantitative estimate of drug-likeness (QED) is 0.878. The van der Waals surface area contributed by atoms with Crippen molar-refractivity contribution in [3.05, 3.63) is 18.7 Å². The fourth-order valence-corrected chi connectivity index (χ4v) is 1.92. The molecule has 0 spiro atoms. The van der Waals surface area contributed by atoms with E-state index in [-0.39, 0.29) is 12.3 Å². The lowest BCUT2D eigenvalue weighted by atomic mass is 10.2. The zero-order valence-electron chi connectivity index (χ0n) is 12.8. The van der Waals surface area contributed by atoms with Crippen molar-refractivity contribution < 1.29 is 9.47 Å². The van der Waals surface area contributed by atoms with E-state index in [1.54, 1.807) is 10.9 Å². The van der Waals surface area contributed by atoms with Gasteiger partial charge in [-0.15, -0.1) is 0 Å². The molecule has 2 heterocycles. The first kappa shape index (κ1) is 15.2. The number of aromatic nitrogens is 4. The third kappa shape index (κ3) is 3.49. The number of nitrogen functional groups attached to an aromatic ring is 1. The van der Waals surface area contributed by atoms with E-state index in [1.165, 1.54) is 6.33 Å². The molecule has 0 bridgehead atoms. The van der Waals surface area contributed by atoms with Crippen molar-refractivity contribution >= 4 is 5.82 Å². The topological polar surface area (TPSA) is 88.1 Å². The van der Waals surface area contributed by atoms with Gasteiger partial charge in [0, 0.05) is 18.4 Å². The van der Waals surface area contributed by atoms with E-state index < -0.39 is 0 Å². The molecule has 0 aliphatic carbocycles. The Kier molecular flexibility index (Phi) is 4.74. The lowest BCUT2D eigenvalue weighted by Crippen LogP contribution is -2.10. The minimum absolute atomic E-state index is 0.0190. The molecule has 1 unspecified atom stereocenters. The van der Waals surface area contributed by atoms with Gasteiger partial charge in [0.1, 0.15) is 18.2 Å². The first-order valence-corrected chi connectivity index (χ1v) is 6.96. The second-order valence-electron chi connectivity index (χ2n) is 4.87. The van der Waals surface area contributed by atoms with Crippen LogP contribution in [0.2, 0.25) is 0 Å². The molecule has 0 fully saturated rings. The van der Waals surface area contributed by atoms with Crippen LogP contribution in [0, 0.1) is 0 Å². The molecular formula is C14H21N5O2. The van der Waals surface area contributed by atoms with Crippen molar-refractivity contribution in [2.75, 3.05) is 12.3 Å². The SMILES string of the molecule is CCOC(C)n1cc(-c2ncnc(N)c2OC(C)C)cn1. The third-order valence-corrected chi connectivity index (χ3v) is 2.84. The van der Waals surface area contributed by atoms with Crippen LogP contribution < -0.4 is 10.5 Å². The van der Waals surface area contributed by atoms with Gasteiger partial charge < -0.3 is 15.2 Å². The maximum absolute atomic E-state index is 5.89. The molecule has 7 heteroatoms. The highest BCUT2D eigenvalue weighted by atomic mass is 16.5. The van der Waals surface area contributed by atoms with Gasteiger partial charge in [-0.25, -0.2) is 14.6 Å². The number of anilines is 1. The van der Waals surface area contributed by atoms with Crippen LogP contribution in [-0.4, -0.2) is 32.5 Å². The summed E-state index contributed by atoms with van der Waals surface area (Å²) in [6.07, 6.45) is 4.83. The Bertz CT molecular complexity index is 597. The van der Waals surface area contributed by atoms with E-state index >= 15 is 0 Å². The van der Waals surface area contributed by atoms with Crippen LogP contribution in [0.4, 0.5) is 5.82 Å². The second-order valence-corrected chi connectivity index (χ2v) is 4.87. The minimum atomic E-state index is -0.141. The summed E-state index contributed by atoms with van der Waals surface area (Å²) >= 11 is 0. The Morgan fingerprint density at radius 1 is 1.29 bits per heavy atom. The molecule has 2 rings (SSSR count). The van der Waals surface area contributed by atoms with Crippen molar-refractivity contribution in [1.29, 1.82) is 0 Å². The summed E-state index contributed by atoms with van der Waals surface area (Å²) in [5.41, 5.74) is 7.34. The largest absolute Gasteiger partial charge is 0.485 e. The highest BCUT2D eigenvalue weighted by Crippen LogP contribution is 2.32. The number of hydrogen-bond donors (Lipinski definition) is 1. The number of ether oxygens (including phenoxy) is 2. The Hall–Kier alpha value is -2.15. The van der Waals surface area contributed by atoms with E-state index in [2.05, 4.69) is 15.1 Å². The highest BCUT2D eigenvalue weighted by Gasteiger charge is 2.16. The predicted octanol–water partition coefficient (Wildman–Crippen LogP) is 2.26.